The van der Waals surface area contributed by atoms with Gasteiger partial charge in [0, 0.05) is 26.2 Å². The molecule has 2 N–H and O–H groups in total. The number of rotatable bonds is 5. The van der Waals surface area contributed by atoms with Crippen molar-refractivity contribution in [2.75, 3.05) is 26.2 Å². The number of nitrogens with zero attached hydrogens (tertiary/aromatic N) is 2. The highest BCUT2D eigenvalue weighted by atomic mass is 32.1. The topological polar surface area (TPSA) is 57.6 Å². The average Bonchev–Trinajstić information content (AvgIpc) is 2.84. The molecule has 0 radical (unpaired) electrons. The summed E-state index contributed by atoms with van der Waals surface area (Å²) in [4.78, 5) is 6.55. The molecular weight excluding hydrogens is 250 g/mol. The van der Waals surface area contributed by atoms with Crippen molar-refractivity contribution < 1.29 is 9.84 Å². The normalized spacial score (nSPS) is 20.6. The molecule has 0 saturated carbocycles. The van der Waals surface area contributed by atoms with E-state index in [9.17, 15) is 5.11 Å². The molecule has 2 unspecified atom stereocenters. The van der Waals surface area contributed by atoms with E-state index in [4.69, 9.17) is 4.74 Å². The van der Waals surface area contributed by atoms with Crippen LogP contribution in [0.5, 0.6) is 5.88 Å². The lowest BCUT2D eigenvalue weighted by molar-refractivity contribution is -0.0643. The number of nitrogens with one attached hydrogen (secondary N) is 1. The van der Waals surface area contributed by atoms with Crippen LogP contribution in [-0.4, -0.2) is 53.5 Å². The summed E-state index contributed by atoms with van der Waals surface area (Å²) < 4.78 is 5.85. The zero-order chi connectivity index (χ0) is 13.0. The summed E-state index contributed by atoms with van der Waals surface area (Å²) in [5.74, 6) is 0.626. The number of piperazine rings is 1. The molecule has 1 saturated heterocycles. The predicted molar refractivity (Wildman–Crippen MR) is 72.0 cm³/mol. The molecule has 2 atom stereocenters. The average molecular weight is 271 g/mol. The zero-order valence-corrected chi connectivity index (χ0v) is 11.7. The molecule has 6 heteroatoms. The first-order chi connectivity index (χ1) is 8.70. The summed E-state index contributed by atoms with van der Waals surface area (Å²) >= 11 is 1.60. The van der Waals surface area contributed by atoms with Crippen molar-refractivity contribution in [3.05, 3.63) is 10.4 Å². The van der Waals surface area contributed by atoms with E-state index in [0.717, 1.165) is 37.6 Å². The van der Waals surface area contributed by atoms with Gasteiger partial charge in [-0.2, -0.15) is 0 Å². The lowest BCUT2D eigenvalue weighted by Crippen LogP contribution is -2.54. The number of aliphatic hydroxyl groups is 1. The zero-order valence-electron chi connectivity index (χ0n) is 10.9. The van der Waals surface area contributed by atoms with Crippen molar-refractivity contribution in [2.24, 2.45) is 0 Å². The second kappa shape index (κ2) is 6.47. The maximum Gasteiger partial charge on any atom is 0.226 e. The van der Waals surface area contributed by atoms with E-state index in [1.54, 1.807) is 18.3 Å². The maximum absolute atomic E-state index is 9.88. The second-order valence-electron chi connectivity index (χ2n) is 4.47. The highest BCUT2D eigenvalue weighted by molar-refractivity contribution is 7.09. The third-order valence-electron chi connectivity index (χ3n) is 3.00. The Hall–Kier alpha value is -0.690. The quantitative estimate of drug-likeness (QED) is 0.825. The molecule has 102 valence electrons. The summed E-state index contributed by atoms with van der Waals surface area (Å²) in [6, 6.07) is 0. The van der Waals surface area contributed by atoms with Crippen LogP contribution < -0.4 is 10.1 Å². The van der Waals surface area contributed by atoms with Gasteiger partial charge in [0.15, 0.2) is 6.23 Å². The Balaban J connectivity index is 2.00. The van der Waals surface area contributed by atoms with E-state index in [1.165, 1.54) is 0 Å². The van der Waals surface area contributed by atoms with E-state index in [2.05, 4.69) is 22.1 Å². The fourth-order valence-corrected chi connectivity index (χ4v) is 2.70. The Kier molecular flexibility index (Phi) is 4.94. The van der Waals surface area contributed by atoms with E-state index < -0.39 is 6.10 Å². The molecule has 0 spiro atoms. The number of hydrogen-bond donors (Lipinski definition) is 2. The summed E-state index contributed by atoms with van der Waals surface area (Å²) in [5, 5.41) is 16.1. The molecule has 0 bridgehead atoms. The van der Waals surface area contributed by atoms with Crippen LogP contribution in [0.1, 0.15) is 18.9 Å². The lowest BCUT2D eigenvalue weighted by atomic mass is 10.2. The molecule has 18 heavy (non-hydrogen) atoms. The number of aromatic nitrogens is 1. The summed E-state index contributed by atoms with van der Waals surface area (Å²) in [6.45, 7) is 7.49. The molecule has 5 nitrogen and oxygen atoms in total. The SMILES string of the molecule is CCc1nc(OC(C(C)O)N2CCNCC2)cs1. The third kappa shape index (κ3) is 3.41. The number of thiazole rings is 1. The van der Waals surface area contributed by atoms with Crippen LogP contribution in [0.25, 0.3) is 0 Å². The summed E-state index contributed by atoms with van der Waals surface area (Å²) in [6.07, 6.45) is 0.0786. The van der Waals surface area contributed by atoms with Gasteiger partial charge >= 0.3 is 0 Å². The first-order valence-corrected chi connectivity index (χ1v) is 7.32. The smallest absolute Gasteiger partial charge is 0.226 e. The van der Waals surface area contributed by atoms with Crippen molar-refractivity contribution in [2.45, 2.75) is 32.6 Å². The Bertz CT molecular complexity index is 364. The van der Waals surface area contributed by atoms with Gasteiger partial charge in [0.05, 0.1) is 10.4 Å². The Morgan fingerprint density at radius 2 is 2.28 bits per heavy atom. The number of aliphatic hydroxyl groups excluding tert-OH is 1. The van der Waals surface area contributed by atoms with Crippen LogP contribution in [-0.2, 0) is 6.42 Å². The largest absolute Gasteiger partial charge is 0.455 e. The maximum atomic E-state index is 9.88. The molecule has 2 rings (SSSR count). The van der Waals surface area contributed by atoms with Crippen molar-refractivity contribution in [3.8, 4) is 5.88 Å². The fourth-order valence-electron chi connectivity index (χ4n) is 2.05. The van der Waals surface area contributed by atoms with Crippen LogP contribution in [0, 0.1) is 0 Å². The molecule has 1 aliphatic rings. The van der Waals surface area contributed by atoms with Gasteiger partial charge in [-0.1, -0.05) is 6.92 Å². The van der Waals surface area contributed by atoms with Gasteiger partial charge in [0.25, 0.3) is 0 Å². The van der Waals surface area contributed by atoms with E-state index in [0.29, 0.717) is 5.88 Å². The Labute approximate surface area is 112 Å². The van der Waals surface area contributed by atoms with Crippen LogP contribution in [0.3, 0.4) is 0 Å². The fraction of sp³-hybridized carbons (Fsp3) is 0.750. The van der Waals surface area contributed by atoms with Crippen molar-refractivity contribution in [1.82, 2.24) is 15.2 Å². The highest BCUT2D eigenvalue weighted by Gasteiger charge is 2.26. The minimum Gasteiger partial charge on any atom is -0.455 e. The van der Waals surface area contributed by atoms with Crippen LogP contribution >= 0.6 is 11.3 Å². The van der Waals surface area contributed by atoms with Crippen molar-refractivity contribution in [1.29, 1.82) is 0 Å². The molecule has 1 aromatic heterocycles. The molecule has 2 heterocycles. The van der Waals surface area contributed by atoms with Crippen LogP contribution in [0.15, 0.2) is 5.38 Å². The second-order valence-corrected chi connectivity index (χ2v) is 5.41. The monoisotopic (exact) mass is 271 g/mol. The van der Waals surface area contributed by atoms with E-state index in [1.807, 2.05) is 5.38 Å². The van der Waals surface area contributed by atoms with Gasteiger partial charge in [-0.15, -0.1) is 11.3 Å². The summed E-state index contributed by atoms with van der Waals surface area (Å²) in [7, 11) is 0. The predicted octanol–water partition coefficient (Wildman–Crippen LogP) is 0.696. The van der Waals surface area contributed by atoms with Crippen molar-refractivity contribution in [3.63, 3.8) is 0 Å². The molecular formula is C12H21N3O2S. The first-order valence-electron chi connectivity index (χ1n) is 6.44. The first kappa shape index (κ1) is 13.7. The standard InChI is InChI=1S/C12H21N3O2S/c1-3-11-14-10(8-18-11)17-12(9(2)16)15-6-4-13-5-7-15/h8-9,12-13,16H,3-7H2,1-2H3. The number of hydrogen-bond acceptors (Lipinski definition) is 6. The molecule has 1 aromatic rings. The molecule has 1 fully saturated rings. The molecule has 0 amide bonds. The number of aryl methyl sites for hydroxylation is 1. The minimum absolute atomic E-state index is 0.307. The number of ether oxygens (including phenoxy) is 1. The summed E-state index contributed by atoms with van der Waals surface area (Å²) in [5.41, 5.74) is 0. The van der Waals surface area contributed by atoms with Crippen LogP contribution in [0.2, 0.25) is 0 Å². The van der Waals surface area contributed by atoms with Gasteiger partial charge < -0.3 is 15.2 Å². The van der Waals surface area contributed by atoms with Gasteiger partial charge in [0.1, 0.15) is 6.10 Å². The Morgan fingerprint density at radius 3 is 2.83 bits per heavy atom. The third-order valence-corrected chi connectivity index (χ3v) is 3.97. The van der Waals surface area contributed by atoms with Gasteiger partial charge in [-0.05, 0) is 13.3 Å². The van der Waals surface area contributed by atoms with Crippen molar-refractivity contribution >= 4 is 11.3 Å². The molecule has 1 aliphatic heterocycles. The lowest BCUT2D eigenvalue weighted by Gasteiger charge is -2.35. The van der Waals surface area contributed by atoms with Gasteiger partial charge in [0.2, 0.25) is 5.88 Å². The van der Waals surface area contributed by atoms with Crippen LogP contribution in [0.4, 0.5) is 0 Å². The molecule has 0 aromatic carbocycles. The Morgan fingerprint density at radius 1 is 1.56 bits per heavy atom. The minimum atomic E-state index is -0.533. The molecule has 0 aliphatic carbocycles. The van der Waals surface area contributed by atoms with Gasteiger partial charge in [-0.3, -0.25) is 4.90 Å². The van der Waals surface area contributed by atoms with E-state index >= 15 is 0 Å². The van der Waals surface area contributed by atoms with Gasteiger partial charge in [-0.25, -0.2) is 4.98 Å². The highest BCUT2D eigenvalue weighted by Crippen LogP contribution is 2.20. The van der Waals surface area contributed by atoms with E-state index in [-0.39, 0.29) is 6.23 Å².